The van der Waals surface area contributed by atoms with Gasteiger partial charge in [-0.2, -0.15) is 0 Å². The van der Waals surface area contributed by atoms with E-state index in [0.29, 0.717) is 0 Å². The molecule has 19 heavy (non-hydrogen) atoms. The summed E-state index contributed by atoms with van der Waals surface area (Å²) in [5.74, 6) is 0.900. The van der Waals surface area contributed by atoms with E-state index < -0.39 is 0 Å². The normalized spacial score (nSPS) is 14.2. The SMILES string of the molecule is Cc1ccc(OC(c2cc(Br)cs2)C(C)N)c(C)c1. The van der Waals surface area contributed by atoms with Crippen molar-refractivity contribution in [1.29, 1.82) is 0 Å². The summed E-state index contributed by atoms with van der Waals surface area (Å²) in [5, 5.41) is 2.05. The smallest absolute Gasteiger partial charge is 0.148 e. The van der Waals surface area contributed by atoms with Crippen molar-refractivity contribution >= 4 is 27.3 Å². The molecule has 0 radical (unpaired) electrons. The molecule has 102 valence electrons. The minimum Gasteiger partial charge on any atom is -0.483 e. The molecule has 2 atom stereocenters. The number of rotatable bonds is 4. The van der Waals surface area contributed by atoms with Crippen molar-refractivity contribution in [2.24, 2.45) is 5.73 Å². The zero-order chi connectivity index (χ0) is 14.0. The predicted molar refractivity (Wildman–Crippen MR) is 85.0 cm³/mol. The van der Waals surface area contributed by atoms with E-state index in [1.165, 1.54) is 5.56 Å². The van der Waals surface area contributed by atoms with Gasteiger partial charge in [-0.25, -0.2) is 0 Å². The quantitative estimate of drug-likeness (QED) is 0.883. The summed E-state index contributed by atoms with van der Waals surface area (Å²) in [7, 11) is 0. The Kier molecular flexibility index (Phi) is 4.66. The molecule has 0 aliphatic rings. The molecule has 0 saturated carbocycles. The van der Waals surface area contributed by atoms with Crippen LogP contribution in [0.4, 0.5) is 0 Å². The second-order valence-electron chi connectivity index (χ2n) is 4.83. The van der Waals surface area contributed by atoms with Gasteiger partial charge >= 0.3 is 0 Å². The lowest BCUT2D eigenvalue weighted by molar-refractivity contribution is 0.183. The van der Waals surface area contributed by atoms with Gasteiger partial charge in [-0.15, -0.1) is 11.3 Å². The number of hydrogen-bond acceptors (Lipinski definition) is 3. The molecule has 0 bridgehead atoms. The van der Waals surface area contributed by atoms with Gasteiger partial charge in [-0.1, -0.05) is 17.7 Å². The van der Waals surface area contributed by atoms with Gasteiger partial charge < -0.3 is 10.5 Å². The first-order valence-corrected chi connectivity index (χ1v) is 7.88. The Balaban J connectivity index is 2.26. The molecule has 1 aromatic heterocycles. The molecule has 0 aliphatic heterocycles. The summed E-state index contributed by atoms with van der Waals surface area (Å²) < 4.78 is 7.20. The first-order valence-electron chi connectivity index (χ1n) is 6.21. The highest BCUT2D eigenvalue weighted by Gasteiger charge is 2.20. The third-order valence-electron chi connectivity index (χ3n) is 2.93. The summed E-state index contributed by atoms with van der Waals surface area (Å²) in [6.07, 6.45) is -0.113. The molecule has 0 fully saturated rings. The van der Waals surface area contributed by atoms with Crippen molar-refractivity contribution in [2.75, 3.05) is 0 Å². The molecule has 2 nitrogen and oxygen atoms in total. The van der Waals surface area contributed by atoms with Crippen LogP contribution in [0.25, 0.3) is 0 Å². The molecule has 0 spiro atoms. The minimum atomic E-state index is -0.113. The fourth-order valence-electron chi connectivity index (χ4n) is 1.97. The van der Waals surface area contributed by atoms with Gasteiger partial charge in [0.1, 0.15) is 11.9 Å². The van der Waals surface area contributed by atoms with Crippen LogP contribution >= 0.6 is 27.3 Å². The van der Waals surface area contributed by atoms with E-state index in [4.69, 9.17) is 10.5 Å². The van der Waals surface area contributed by atoms with Crippen molar-refractivity contribution in [3.8, 4) is 5.75 Å². The zero-order valence-corrected chi connectivity index (χ0v) is 13.7. The van der Waals surface area contributed by atoms with Crippen molar-refractivity contribution in [3.63, 3.8) is 0 Å². The Labute approximate surface area is 126 Å². The zero-order valence-electron chi connectivity index (χ0n) is 11.3. The van der Waals surface area contributed by atoms with E-state index in [1.807, 2.05) is 13.0 Å². The van der Waals surface area contributed by atoms with Gasteiger partial charge in [0.2, 0.25) is 0 Å². The van der Waals surface area contributed by atoms with Crippen LogP contribution in [0.5, 0.6) is 5.75 Å². The molecule has 2 rings (SSSR count). The van der Waals surface area contributed by atoms with E-state index >= 15 is 0 Å². The maximum Gasteiger partial charge on any atom is 0.148 e. The molecule has 1 aromatic carbocycles. The Bertz CT molecular complexity index is 565. The Morgan fingerprint density at radius 1 is 1.26 bits per heavy atom. The number of halogens is 1. The summed E-state index contributed by atoms with van der Waals surface area (Å²) >= 11 is 5.14. The maximum absolute atomic E-state index is 6.13. The number of hydrogen-bond donors (Lipinski definition) is 1. The Morgan fingerprint density at radius 3 is 2.53 bits per heavy atom. The van der Waals surface area contributed by atoms with Gasteiger partial charge in [-0.3, -0.25) is 0 Å². The third kappa shape index (κ3) is 3.59. The highest BCUT2D eigenvalue weighted by Crippen LogP contribution is 2.32. The lowest BCUT2D eigenvalue weighted by atomic mass is 10.1. The average molecular weight is 340 g/mol. The molecule has 1 heterocycles. The number of ether oxygens (including phenoxy) is 1. The lowest BCUT2D eigenvalue weighted by Gasteiger charge is -2.22. The molecule has 2 aromatic rings. The molecule has 2 N–H and O–H groups in total. The van der Waals surface area contributed by atoms with Gasteiger partial charge in [0.25, 0.3) is 0 Å². The summed E-state index contributed by atoms with van der Waals surface area (Å²) in [5.41, 5.74) is 8.45. The van der Waals surface area contributed by atoms with Gasteiger partial charge in [0.05, 0.1) is 0 Å². The average Bonchev–Trinajstić information content (AvgIpc) is 2.74. The van der Waals surface area contributed by atoms with Crippen LogP contribution < -0.4 is 10.5 Å². The summed E-state index contributed by atoms with van der Waals surface area (Å²) in [4.78, 5) is 1.14. The largest absolute Gasteiger partial charge is 0.483 e. The van der Waals surface area contributed by atoms with E-state index in [1.54, 1.807) is 11.3 Å². The highest BCUT2D eigenvalue weighted by molar-refractivity contribution is 9.10. The summed E-state index contributed by atoms with van der Waals surface area (Å²) in [6, 6.07) is 8.21. The van der Waals surface area contributed by atoms with E-state index in [9.17, 15) is 0 Å². The molecule has 0 saturated heterocycles. The third-order valence-corrected chi connectivity index (χ3v) is 4.69. The topological polar surface area (TPSA) is 35.2 Å². The van der Waals surface area contributed by atoms with Crippen LogP contribution in [-0.2, 0) is 0 Å². The van der Waals surface area contributed by atoms with Crippen LogP contribution in [0.1, 0.15) is 29.0 Å². The number of thiophene rings is 1. The monoisotopic (exact) mass is 339 g/mol. The maximum atomic E-state index is 6.13. The highest BCUT2D eigenvalue weighted by atomic mass is 79.9. The Morgan fingerprint density at radius 2 is 2.00 bits per heavy atom. The molecule has 2 unspecified atom stereocenters. The van der Waals surface area contributed by atoms with Crippen LogP contribution in [-0.4, -0.2) is 6.04 Å². The van der Waals surface area contributed by atoms with Gasteiger partial charge in [-0.05, 0) is 54.4 Å². The van der Waals surface area contributed by atoms with E-state index in [0.717, 1.165) is 20.7 Å². The lowest BCUT2D eigenvalue weighted by Crippen LogP contribution is -2.28. The second kappa shape index (κ2) is 6.07. The van der Waals surface area contributed by atoms with Crippen molar-refractivity contribution < 1.29 is 4.74 Å². The van der Waals surface area contributed by atoms with E-state index in [2.05, 4.69) is 53.4 Å². The van der Waals surface area contributed by atoms with Gasteiger partial charge in [0.15, 0.2) is 0 Å². The number of nitrogens with two attached hydrogens (primary N) is 1. The standard InChI is InChI=1S/C15H18BrNOS/c1-9-4-5-13(10(2)6-9)18-15(11(3)17)14-7-12(16)8-19-14/h4-8,11,15H,17H2,1-3H3. The number of benzene rings is 1. The molecule has 0 amide bonds. The molecular formula is C15H18BrNOS. The summed E-state index contributed by atoms with van der Waals surface area (Å²) in [6.45, 7) is 6.11. The Hall–Kier alpha value is -0.840. The van der Waals surface area contributed by atoms with Crippen molar-refractivity contribution in [2.45, 2.75) is 32.9 Å². The molecule has 0 aliphatic carbocycles. The molecular weight excluding hydrogens is 322 g/mol. The molecule has 4 heteroatoms. The minimum absolute atomic E-state index is 0.0637. The second-order valence-corrected chi connectivity index (χ2v) is 6.69. The first kappa shape index (κ1) is 14.6. The van der Waals surface area contributed by atoms with Crippen LogP contribution in [0, 0.1) is 13.8 Å². The van der Waals surface area contributed by atoms with Gasteiger partial charge in [0, 0.05) is 20.8 Å². The number of aryl methyl sites for hydroxylation is 2. The first-order chi connectivity index (χ1) is 8.97. The van der Waals surface area contributed by atoms with Crippen molar-refractivity contribution in [3.05, 3.63) is 50.1 Å². The fourth-order valence-corrected chi connectivity index (χ4v) is 3.56. The van der Waals surface area contributed by atoms with Crippen molar-refractivity contribution in [1.82, 2.24) is 0 Å². The van der Waals surface area contributed by atoms with Crippen LogP contribution in [0.2, 0.25) is 0 Å². The fraction of sp³-hybridized carbons (Fsp3) is 0.333. The predicted octanol–water partition coefficient (Wildman–Crippen LogP) is 4.59. The van der Waals surface area contributed by atoms with E-state index in [-0.39, 0.29) is 12.1 Å². The van der Waals surface area contributed by atoms with Crippen LogP contribution in [0.15, 0.2) is 34.1 Å². The van der Waals surface area contributed by atoms with Crippen LogP contribution in [0.3, 0.4) is 0 Å².